The number of hydrogen-bond acceptors (Lipinski definition) is 4. The molecule has 3 atom stereocenters. The molecule has 0 spiro atoms. The fourth-order valence-electron chi connectivity index (χ4n) is 1.31. The Morgan fingerprint density at radius 1 is 1.54 bits per heavy atom. The van der Waals surface area contributed by atoms with Gasteiger partial charge in [-0.2, -0.15) is 0 Å². The van der Waals surface area contributed by atoms with Crippen LogP contribution in [0, 0.1) is 5.92 Å². The molecule has 0 saturated carbocycles. The van der Waals surface area contributed by atoms with E-state index in [-0.39, 0.29) is 19.1 Å². The molecule has 0 aromatic rings. The molecule has 0 aliphatic heterocycles. The molecule has 0 aromatic heterocycles. The van der Waals surface area contributed by atoms with E-state index < -0.39 is 5.54 Å². The lowest BCUT2D eigenvalue weighted by atomic mass is 9.90. The summed E-state index contributed by atoms with van der Waals surface area (Å²) in [5, 5.41) is 21.2. The maximum absolute atomic E-state index is 9.22. The van der Waals surface area contributed by atoms with Crippen LogP contribution in [-0.4, -0.2) is 42.6 Å². The summed E-state index contributed by atoms with van der Waals surface area (Å²) >= 11 is 0. The Kier molecular flexibility index (Phi) is 6.82. The van der Waals surface area contributed by atoms with Crippen LogP contribution in [0.4, 0.5) is 0 Å². The van der Waals surface area contributed by atoms with Crippen LogP contribution in [0.1, 0.15) is 13.3 Å². The minimum atomic E-state index is -0.441. The molecule has 0 fully saturated rings. The standard InChI is InChI=1S/C8H20NO3P/c1-7(4-10)3-8(5-11,9-2)6-12-13/h7,9-11H,3-6,13H2,1-2H3/t7?,8-/m1/s1. The molecule has 80 valence electrons. The molecule has 0 bridgehead atoms. The summed E-state index contributed by atoms with van der Waals surface area (Å²) in [7, 11) is 3.95. The highest BCUT2D eigenvalue weighted by atomic mass is 31.0. The van der Waals surface area contributed by atoms with Crippen molar-refractivity contribution in [3.63, 3.8) is 0 Å². The van der Waals surface area contributed by atoms with E-state index in [1.54, 1.807) is 7.05 Å². The second-order valence-electron chi connectivity index (χ2n) is 3.49. The Hall–Kier alpha value is 0.270. The number of rotatable bonds is 7. The Morgan fingerprint density at radius 3 is 2.46 bits per heavy atom. The van der Waals surface area contributed by atoms with E-state index in [1.807, 2.05) is 6.92 Å². The molecule has 13 heavy (non-hydrogen) atoms. The molecular weight excluding hydrogens is 189 g/mol. The first-order chi connectivity index (χ1) is 6.14. The molecule has 0 aromatic carbocycles. The molecule has 3 N–H and O–H groups in total. The van der Waals surface area contributed by atoms with Crippen molar-refractivity contribution in [3.05, 3.63) is 0 Å². The summed E-state index contributed by atoms with van der Waals surface area (Å²) in [5.74, 6) is 0.153. The molecule has 0 rings (SSSR count). The number of aliphatic hydroxyl groups excluding tert-OH is 2. The first-order valence-corrected chi connectivity index (χ1v) is 4.83. The second-order valence-corrected chi connectivity index (χ2v) is 3.82. The van der Waals surface area contributed by atoms with Gasteiger partial charge in [-0.05, 0) is 19.4 Å². The van der Waals surface area contributed by atoms with Crippen molar-refractivity contribution < 1.29 is 14.7 Å². The second kappa shape index (κ2) is 6.68. The van der Waals surface area contributed by atoms with Gasteiger partial charge in [0, 0.05) is 16.1 Å². The highest BCUT2D eigenvalue weighted by molar-refractivity contribution is 7.09. The van der Waals surface area contributed by atoms with Crippen LogP contribution >= 0.6 is 9.47 Å². The van der Waals surface area contributed by atoms with Gasteiger partial charge in [-0.3, -0.25) is 0 Å². The summed E-state index contributed by atoms with van der Waals surface area (Å²) in [5.41, 5.74) is -0.441. The van der Waals surface area contributed by atoms with Crippen LogP contribution in [0.2, 0.25) is 0 Å². The van der Waals surface area contributed by atoms with E-state index in [0.29, 0.717) is 13.0 Å². The van der Waals surface area contributed by atoms with Crippen LogP contribution in [-0.2, 0) is 4.52 Å². The average molecular weight is 209 g/mol. The molecule has 0 aliphatic rings. The largest absolute Gasteiger partial charge is 0.396 e. The van der Waals surface area contributed by atoms with E-state index >= 15 is 0 Å². The molecule has 0 amide bonds. The maximum atomic E-state index is 9.22. The van der Waals surface area contributed by atoms with Crippen LogP contribution in [0.15, 0.2) is 0 Å². The fourth-order valence-corrected chi connectivity index (χ4v) is 1.63. The molecular formula is C8H20NO3P. The van der Waals surface area contributed by atoms with Crippen molar-refractivity contribution in [1.82, 2.24) is 5.32 Å². The van der Waals surface area contributed by atoms with E-state index in [1.165, 1.54) is 0 Å². The zero-order valence-corrected chi connectivity index (χ0v) is 9.44. The molecule has 0 saturated heterocycles. The lowest BCUT2D eigenvalue weighted by Gasteiger charge is -2.32. The van der Waals surface area contributed by atoms with Crippen LogP contribution in [0.25, 0.3) is 0 Å². The summed E-state index contributed by atoms with van der Waals surface area (Å²) in [4.78, 5) is 0. The van der Waals surface area contributed by atoms with Crippen molar-refractivity contribution in [2.45, 2.75) is 18.9 Å². The van der Waals surface area contributed by atoms with Gasteiger partial charge in [0.05, 0.1) is 18.8 Å². The van der Waals surface area contributed by atoms with E-state index in [9.17, 15) is 5.11 Å². The fraction of sp³-hybridized carbons (Fsp3) is 1.00. The maximum Gasteiger partial charge on any atom is 0.0706 e. The van der Waals surface area contributed by atoms with Gasteiger partial charge in [0.2, 0.25) is 0 Å². The van der Waals surface area contributed by atoms with Crippen molar-refractivity contribution >= 4 is 9.47 Å². The normalized spacial score (nSPS) is 18.2. The lowest BCUT2D eigenvalue weighted by Crippen LogP contribution is -2.51. The first-order valence-electron chi connectivity index (χ1n) is 4.36. The van der Waals surface area contributed by atoms with Gasteiger partial charge in [-0.25, -0.2) is 0 Å². The SMILES string of the molecule is CN[C@](CO)(COP)CC(C)CO. The zero-order chi connectivity index (χ0) is 10.3. The van der Waals surface area contributed by atoms with Gasteiger partial charge in [0.1, 0.15) is 0 Å². The molecule has 4 nitrogen and oxygen atoms in total. The number of aliphatic hydroxyl groups is 2. The van der Waals surface area contributed by atoms with E-state index in [0.717, 1.165) is 0 Å². The van der Waals surface area contributed by atoms with Gasteiger partial charge in [0.15, 0.2) is 0 Å². The number of likely N-dealkylation sites (N-methyl/N-ethyl adjacent to an activating group) is 1. The number of hydrogen-bond donors (Lipinski definition) is 3. The highest BCUT2D eigenvalue weighted by Gasteiger charge is 2.29. The van der Waals surface area contributed by atoms with Gasteiger partial charge >= 0.3 is 0 Å². The third kappa shape index (κ3) is 4.34. The summed E-state index contributed by atoms with van der Waals surface area (Å²) < 4.78 is 4.95. The Bertz CT molecular complexity index is 131. The summed E-state index contributed by atoms with van der Waals surface area (Å²) in [6.45, 7) is 2.47. The van der Waals surface area contributed by atoms with Gasteiger partial charge in [-0.15, -0.1) is 0 Å². The van der Waals surface area contributed by atoms with Crippen molar-refractivity contribution in [1.29, 1.82) is 0 Å². The molecule has 2 unspecified atom stereocenters. The van der Waals surface area contributed by atoms with Crippen molar-refractivity contribution in [2.24, 2.45) is 5.92 Å². The van der Waals surface area contributed by atoms with Gasteiger partial charge in [-0.1, -0.05) is 6.92 Å². The average Bonchev–Trinajstić information content (AvgIpc) is 2.17. The third-order valence-electron chi connectivity index (χ3n) is 2.24. The Morgan fingerprint density at radius 2 is 2.15 bits per heavy atom. The lowest BCUT2D eigenvalue weighted by molar-refractivity contribution is 0.0850. The molecule has 5 heteroatoms. The minimum absolute atomic E-state index is 0.00222. The Balaban J connectivity index is 4.19. The first kappa shape index (κ1) is 13.3. The summed E-state index contributed by atoms with van der Waals surface area (Å²) in [6, 6.07) is 0. The van der Waals surface area contributed by atoms with Gasteiger partial charge < -0.3 is 20.1 Å². The van der Waals surface area contributed by atoms with Crippen molar-refractivity contribution in [3.8, 4) is 0 Å². The summed E-state index contributed by atoms with van der Waals surface area (Å²) in [6.07, 6.45) is 0.685. The smallest absolute Gasteiger partial charge is 0.0706 e. The van der Waals surface area contributed by atoms with E-state index in [2.05, 4.69) is 14.8 Å². The monoisotopic (exact) mass is 209 g/mol. The third-order valence-corrected chi connectivity index (χ3v) is 2.41. The topological polar surface area (TPSA) is 61.7 Å². The van der Waals surface area contributed by atoms with Crippen LogP contribution < -0.4 is 5.32 Å². The van der Waals surface area contributed by atoms with Gasteiger partial charge in [0.25, 0.3) is 0 Å². The van der Waals surface area contributed by atoms with Crippen LogP contribution in [0.3, 0.4) is 0 Å². The molecule has 0 aliphatic carbocycles. The van der Waals surface area contributed by atoms with E-state index in [4.69, 9.17) is 9.63 Å². The van der Waals surface area contributed by atoms with Crippen molar-refractivity contribution in [2.75, 3.05) is 26.9 Å². The number of nitrogens with one attached hydrogen (secondary N) is 1. The predicted octanol–water partition coefficient (Wildman–Crippen LogP) is -0.238. The highest BCUT2D eigenvalue weighted by Crippen LogP contribution is 2.17. The minimum Gasteiger partial charge on any atom is -0.396 e. The van der Waals surface area contributed by atoms with Crippen LogP contribution in [0.5, 0.6) is 0 Å². The molecule has 0 heterocycles. The molecule has 0 radical (unpaired) electrons. The quantitative estimate of drug-likeness (QED) is 0.506. The Labute approximate surface area is 82.0 Å². The zero-order valence-electron chi connectivity index (χ0n) is 8.29. The predicted molar refractivity (Wildman–Crippen MR) is 55.4 cm³/mol.